The molecular formula is C26H45N3O4Sn. The summed E-state index contributed by atoms with van der Waals surface area (Å²) < 4.78 is 8.23. The van der Waals surface area contributed by atoms with E-state index in [4.69, 9.17) is 4.74 Å². The van der Waals surface area contributed by atoms with E-state index in [0.717, 1.165) is 29.4 Å². The van der Waals surface area contributed by atoms with Crippen molar-refractivity contribution in [2.75, 3.05) is 6.54 Å². The van der Waals surface area contributed by atoms with Gasteiger partial charge in [0.2, 0.25) is 0 Å². The molecule has 0 aliphatic carbocycles. The average molecular weight is 582 g/mol. The average Bonchev–Trinajstić information content (AvgIpc) is 3.40. The van der Waals surface area contributed by atoms with Gasteiger partial charge < -0.3 is 0 Å². The molecule has 192 valence electrons. The van der Waals surface area contributed by atoms with Gasteiger partial charge in [-0.15, -0.1) is 0 Å². The van der Waals surface area contributed by atoms with E-state index in [-0.39, 0.29) is 15.6 Å². The van der Waals surface area contributed by atoms with E-state index in [2.05, 4.69) is 25.8 Å². The molecule has 1 N–H and O–H groups in total. The molecule has 1 aromatic heterocycles. The molecule has 0 spiro atoms. The van der Waals surface area contributed by atoms with Crippen LogP contribution in [0.25, 0.3) is 0 Å². The fourth-order valence-corrected chi connectivity index (χ4v) is 10.3. The number of amides is 1. The van der Waals surface area contributed by atoms with Crippen molar-refractivity contribution < 1.29 is 19.4 Å². The Bertz CT molecular complexity index is 781. The zero-order valence-electron chi connectivity index (χ0n) is 22.2. The van der Waals surface area contributed by atoms with E-state index >= 15 is 0 Å². The molecule has 1 amide bonds. The number of carbonyl (C=O) groups is 2. The normalized spacial score (nSPS) is 16.8. The van der Waals surface area contributed by atoms with Crippen molar-refractivity contribution in [1.29, 1.82) is 0 Å². The first kappa shape index (κ1) is 29.0. The van der Waals surface area contributed by atoms with Crippen molar-refractivity contribution >= 4 is 37.0 Å². The number of nitrogens with zero attached hydrogens (tertiary/aromatic N) is 3. The van der Waals surface area contributed by atoms with Gasteiger partial charge in [0.25, 0.3) is 0 Å². The number of hydrogen-bond donors (Lipinski definition) is 1. The van der Waals surface area contributed by atoms with Crippen molar-refractivity contribution in [2.24, 2.45) is 0 Å². The molecule has 34 heavy (non-hydrogen) atoms. The molecule has 8 heteroatoms. The van der Waals surface area contributed by atoms with Gasteiger partial charge in [-0.2, -0.15) is 0 Å². The minimum absolute atomic E-state index is 0.260. The summed E-state index contributed by atoms with van der Waals surface area (Å²) in [5.74, 6) is 0.488. The van der Waals surface area contributed by atoms with Gasteiger partial charge in [0, 0.05) is 0 Å². The summed E-state index contributed by atoms with van der Waals surface area (Å²) in [6, 6.07) is -0.351. The quantitative estimate of drug-likeness (QED) is 0.283. The second kappa shape index (κ2) is 13.2. The molecule has 1 saturated heterocycles. The van der Waals surface area contributed by atoms with Gasteiger partial charge in [0.05, 0.1) is 0 Å². The predicted octanol–water partition coefficient (Wildman–Crippen LogP) is 6.54. The van der Waals surface area contributed by atoms with Crippen molar-refractivity contribution in [2.45, 2.75) is 127 Å². The third kappa shape index (κ3) is 7.88. The van der Waals surface area contributed by atoms with Gasteiger partial charge in [-0.3, -0.25) is 0 Å². The molecule has 1 fully saturated rings. The maximum atomic E-state index is 12.8. The van der Waals surface area contributed by atoms with Crippen LogP contribution >= 0.6 is 0 Å². The monoisotopic (exact) mass is 583 g/mol. The first-order valence-corrected chi connectivity index (χ1v) is 16.0. The Hall–Kier alpha value is -1.25. The fraction of sp³-hybridized carbons (Fsp3) is 0.808. The van der Waals surface area contributed by atoms with E-state index in [0.29, 0.717) is 18.8 Å². The van der Waals surface area contributed by atoms with Crippen molar-refractivity contribution in [3.63, 3.8) is 0 Å². The van der Waals surface area contributed by atoms with Crippen molar-refractivity contribution in [1.82, 2.24) is 14.5 Å². The molecule has 1 atom stereocenters. The van der Waals surface area contributed by atoms with Gasteiger partial charge in [-0.05, 0) is 0 Å². The molecule has 0 aromatic carbocycles. The molecule has 0 saturated carbocycles. The Morgan fingerprint density at radius 1 is 1.09 bits per heavy atom. The Morgan fingerprint density at radius 2 is 1.65 bits per heavy atom. The molecule has 7 nitrogen and oxygen atoms in total. The van der Waals surface area contributed by atoms with Crippen LogP contribution in [-0.4, -0.2) is 65.0 Å². The third-order valence-electron chi connectivity index (χ3n) is 6.58. The Labute approximate surface area is 216 Å². The van der Waals surface area contributed by atoms with Crippen LogP contribution in [0.4, 0.5) is 9.59 Å². The number of ether oxygens (including phenoxy) is 1. The van der Waals surface area contributed by atoms with Crippen LogP contribution in [0.2, 0.25) is 3.43 Å². The predicted molar refractivity (Wildman–Crippen MR) is 137 cm³/mol. The first-order valence-electron chi connectivity index (χ1n) is 13.2. The van der Waals surface area contributed by atoms with Crippen LogP contribution in [0.5, 0.6) is 0 Å². The first-order chi connectivity index (χ1) is 16.1. The summed E-state index contributed by atoms with van der Waals surface area (Å²) in [4.78, 5) is 31.7. The molecule has 2 radical (unpaired) electrons. The number of rotatable bonds is 12. The van der Waals surface area contributed by atoms with Crippen molar-refractivity contribution in [3.05, 3.63) is 12.0 Å². The van der Waals surface area contributed by atoms with E-state index in [9.17, 15) is 14.7 Å². The molecular weight excluding hydrogens is 537 g/mol. The van der Waals surface area contributed by atoms with Gasteiger partial charge in [-0.25, -0.2) is 0 Å². The zero-order valence-corrected chi connectivity index (χ0v) is 25.0. The summed E-state index contributed by atoms with van der Waals surface area (Å²) >= 11 is -1.29. The third-order valence-corrected chi connectivity index (χ3v) is 12.0. The molecule has 2 rings (SSSR count). The summed E-state index contributed by atoms with van der Waals surface area (Å²) in [6.45, 7) is 12.8. The van der Waals surface area contributed by atoms with Gasteiger partial charge >= 0.3 is 217 Å². The summed E-state index contributed by atoms with van der Waals surface area (Å²) in [6.07, 6.45) is 12.6. The number of unbranched alkanes of at least 4 members (excludes halogenated alkanes) is 3. The Kier molecular flexibility index (Phi) is 11.2. The van der Waals surface area contributed by atoms with Crippen LogP contribution in [0, 0.1) is 0 Å². The van der Waals surface area contributed by atoms with Gasteiger partial charge in [-0.1, -0.05) is 0 Å². The topological polar surface area (TPSA) is 84.7 Å². The molecule has 1 aliphatic rings. The molecule has 1 aromatic rings. The number of carbonyl (C=O) groups excluding carboxylic acids is 1. The van der Waals surface area contributed by atoms with Crippen LogP contribution in [-0.2, 0) is 4.74 Å². The summed E-state index contributed by atoms with van der Waals surface area (Å²) in [7, 11) is 0. The second-order valence-corrected chi connectivity index (χ2v) is 15.9. The Balaban J connectivity index is 2.40. The van der Waals surface area contributed by atoms with Gasteiger partial charge in [0.15, 0.2) is 0 Å². The standard InChI is InChI=1S/C13H18N3O4.C13H27.Sn/c1-13(2,3)20-12(19)15-7-4-5-9(15)10-14-6-8-16(10)11(17)18;1-4-7-10-13(11-8-5-2)12-9-6-3;/h6,9H,4-5,7H2,1-3H3,(H,17,18);4-12H2,1-3H3;/t9-;;/m0../s1. The van der Waals surface area contributed by atoms with Crippen LogP contribution in [0.3, 0.4) is 0 Å². The number of aromatic nitrogens is 2. The number of hydrogen-bond acceptors (Lipinski definition) is 4. The fourth-order valence-electron chi connectivity index (χ4n) is 4.84. The van der Waals surface area contributed by atoms with E-state index in [1.54, 1.807) is 4.90 Å². The molecule has 0 bridgehead atoms. The van der Waals surface area contributed by atoms with E-state index in [1.807, 2.05) is 27.0 Å². The van der Waals surface area contributed by atoms with E-state index < -0.39 is 32.8 Å². The van der Waals surface area contributed by atoms with Crippen LogP contribution in [0.1, 0.15) is 124 Å². The number of carboxylic acid groups (broad SMARTS) is 1. The summed E-state index contributed by atoms with van der Waals surface area (Å²) in [5, 5.41) is 10.2. The number of imidazole rings is 1. The summed E-state index contributed by atoms with van der Waals surface area (Å²) in [5.41, 5.74) is -0.594. The Morgan fingerprint density at radius 3 is 2.12 bits per heavy atom. The van der Waals surface area contributed by atoms with Crippen LogP contribution in [0.15, 0.2) is 6.20 Å². The second-order valence-electron chi connectivity index (χ2n) is 10.7. The van der Waals surface area contributed by atoms with Gasteiger partial charge in [0.1, 0.15) is 0 Å². The zero-order chi connectivity index (χ0) is 25.4. The molecule has 2 heterocycles. The molecule has 1 aliphatic heterocycles. The molecule has 0 unspecified atom stereocenters. The number of likely N-dealkylation sites (tertiary alicyclic amines) is 1. The van der Waals surface area contributed by atoms with E-state index in [1.165, 1.54) is 43.1 Å². The SMILES string of the molecule is CCCC[C](CCCC)(CCCC)[Sn][c]1cnc([C@@H]2CCCN2C(=O)OC(C)(C)C)n1C(=O)O. The maximum absolute atomic E-state index is 12.8. The van der Waals surface area contributed by atoms with Crippen molar-refractivity contribution in [3.8, 4) is 0 Å². The van der Waals surface area contributed by atoms with Crippen LogP contribution < -0.4 is 3.71 Å². The minimum atomic E-state index is -1.29.